The molecule has 0 spiro atoms. The van der Waals surface area contributed by atoms with Gasteiger partial charge in [-0.1, -0.05) is 18.2 Å². The zero-order chi connectivity index (χ0) is 18.9. The lowest BCUT2D eigenvalue weighted by molar-refractivity contribution is -0.120. The van der Waals surface area contributed by atoms with E-state index in [9.17, 15) is 9.18 Å². The van der Waals surface area contributed by atoms with Gasteiger partial charge < -0.3 is 16.0 Å². The van der Waals surface area contributed by atoms with E-state index >= 15 is 0 Å². The lowest BCUT2D eigenvalue weighted by Crippen LogP contribution is -2.30. The molecule has 2 heterocycles. The van der Waals surface area contributed by atoms with Crippen LogP contribution in [0.4, 0.5) is 21.7 Å². The number of pyridine rings is 1. The van der Waals surface area contributed by atoms with E-state index in [1.165, 1.54) is 6.07 Å². The molecule has 7 nitrogen and oxygen atoms in total. The number of nitrogens with one attached hydrogen (secondary N) is 3. The van der Waals surface area contributed by atoms with Crippen molar-refractivity contribution in [1.82, 2.24) is 20.5 Å². The van der Waals surface area contributed by atoms with Crippen molar-refractivity contribution in [3.8, 4) is 0 Å². The van der Waals surface area contributed by atoms with Crippen molar-refractivity contribution in [2.45, 2.75) is 6.42 Å². The summed E-state index contributed by atoms with van der Waals surface area (Å²) in [6.45, 7) is 0.873. The van der Waals surface area contributed by atoms with E-state index < -0.39 is 0 Å². The lowest BCUT2D eigenvalue weighted by atomic mass is 10.1. The Labute approximate surface area is 156 Å². The van der Waals surface area contributed by atoms with Crippen molar-refractivity contribution in [2.75, 3.05) is 23.7 Å². The first-order chi connectivity index (χ1) is 13.2. The fourth-order valence-corrected chi connectivity index (χ4v) is 2.35. The Morgan fingerprint density at radius 2 is 1.78 bits per heavy atom. The third-order valence-corrected chi connectivity index (χ3v) is 3.66. The van der Waals surface area contributed by atoms with Crippen molar-refractivity contribution in [1.29, 1.82) is 0 Å². The highest BCUT2D eigenvalue weighted by Crippen LogP contribution is 2.12. The van der Waals surface area contributed by atoms with Crippen LogP contribution in [0, 0.1) is 5.82 Å². The summed E-state index contributed by atoms with van der Waals surface area (Å²) < 4.78 is 13.5. The van der Waals surface area contributed by atoms with Gasteiger partial charge in [-0.05, 0) is 35.9 Å². The van der Waals surface area contributed by atoms with Gasteiger partial charge in [0.1, 0.15) is 11.6 Å². The van der Waals surface area contributed by atoms with Gasteiger partial charge in [-0.25, -0.2) is 4.39 Å². The highest BCUT2D eigenvalue weighted by molar-refractivity contribution is 5.78. The minimum absolute atomic E-state index is 0.0151. The minimum Gasteiger partial charge on any atom is -0.367 e. The molecule has 1 amide bonds. The van der Waals surface area contributed by atoms with Crippen LogP contribution in [0.2, 0.25) is 0 Å². The van der Waals surface area contributed by atoms with Crippen molar-refractivity contribution in [3.63, 3.8) is 0 Å². The molecule has 3 N–H and O–H groups in total. The van der Waals surface area contributed by atoms with Crippen LogP contribution in [0.15, 0.2) is 60.9 Å². The Bertz CT molecular complexity index is 873. The maximum atomic E-state index is 13.5. The summed E-state index contributed by atoms with van der Waals surface area (Å²) in [5, 5.41) is 17.0. The summed E-state index contributed by atoms with van der Waals surface area (Å²) in [7, 11) is 0. The van der Waals surface area contributed by atoms with Crippen LogP contribution in [0.25, 0.3) is 0 Å². The molecule has 0 atom stereocenters. The molecule has 0 aliphatic carbocycles. The maximum absolute atomic E-state index is 13.5. The molecule has 0 aliphatic rings. The molecule has 138 valence electrons. The fraction of sp³-hybridized carbons (Fsp3) is 0.158. The molecule has 0 unspecified atom stereocenters. The molecule has 1 aromatic carbocycles. The number of anilines is 3. The monoisotopic (exact) mass is 366 g/mol. The number of hydrogen-bond acceptors (Lipinski definition) is 6. The highest BCUT2D eigenvalue weighted by Gasteiger charge is 2.07. The van der Waals surface area contributed by atoms with Crippen molar-refractivity contribution in [2.24, 2.45) is 0 Å². The van der Waals surface area contributed by atoms with E-state index in [2.05, 4.69) is 31.1 Å². The van der Waals surface area contributed by atoms with E-state index in [0.717, 1.165) is 5.69 Å². The molecule has 0 aliphatic heterocycles. The van der Waals surface area contributed by atoms with Crippen LogP contribution in [-0.4, -0.2) is 34.2 Å². The SMILES string of the molecule is O=C(Cc1ccccc1F)NCCNc1ccc(Nc2cccnc2)nn1. The molecule has 0 saturated heterocycles. The van der Waals surface area contributed by atoms with E-state index in [0.29, 0.717) is 30.3 Å². The number of aromatic nitrogens is 3. The number of halogens is 1. The van der Waals surface area contributed by atoms with Gasteiger partial charge in [0.25, 0.3) is 0 Å². The zero-order valence-electron chi connectivity index (χ0n) is 14.5. The highest BCUT2D eigenvalue weighted by atomic mass is 19.1. The first kappa shape index (κ1) is 18.2. The van der Waals surface area contributed by atoms with Crippen LogP contribution in [0.1, 0.15) is 5.56 Å². The van der Waals surface area contributed by atoms with Gasteiger partial charge >= 0.3 is 0 Å². The maximum Gasteiger partial charge on any atom is 0.224 e. The summed E-state index contributed by atoms with van der Waals surface area (Å²) in [6, 6.07) is 13.5. The Morgan fingerprint density at radius 3 is 2.52 bits per heavy atom. The second-order valence-corrected chi connectivity index (χ2v) is 5.72. The second kappa shape index (κ2) is 9.23. The Hall–Kier alpha value is -3.55. The fourth-order valence-electron chi connectivity index (χ4n) is 2.35. The summed E-state index contributed by atoms with van der Waals surface area (Å²) >= 11 is 0. The first-order valence-corrected chi connectivity index (χ1v) is 8.45. The molecule has 0 bridgehead atoms. The smallest absolute Gasteiger partial charge is 0.224 e. The van der Waals surface area contributed by atoms with Crippen molar-refractivity contribution in [3.05, 3.63) is 72.3 Å². The third-order valence-electron chi connectivity index (χ3n) is 3.66. The molecular formula is C19H19FN6O. The lowest BCUT2D eigenvalue weighted by Gasteiger charge is -2.08. The second-order valence-electron chi connectivity index (χ2n) is 5.72. The summed E-state index contributed by atoms with van der Waals surface area (Å²) in [6.07, 6.45) is 3.40. The molecule has 0 fully saturated rings. The minimum atomic E-state index is -0.374. The predicted octanol–water partition coefficient (Wildman–Crippen LogP) is 2.53. The van der Waals surface area contributed by atoms with Crippen LogP contribution >= 0.6 is 0 Å². The molecule has 8 heteroatoms. The van der Waals surface area contributed by atoms with Gasteiger partial charge in [-0.15, -0.1) is 10.2 Å². The molecule has 3 aromatic rings. The largest absolute Gasteiger partial charge is 0.367 e. The molecule has 0 radical (unpaired) electrons. The normalized spacial score (nSPS) is 10.3. The average Bonchev–Trinajstić information content (AvgIpc) is 2.69. The molecule has 3 rings (SSSR count). The number of carbonyl (C=O) groups is 1. The predicted molar refractivity (Wildman–Crippen MR) is 101 cm³/mol. The Morgan fingerprint density at radius 1 is 0.963 bits per heavy atom. The molecular weight excluding hydrogens is 347 g/mol. The van der Waals surface area contributed by atoms with Crippen LogP contribution < -0.4 is 16.0 Å². The van der Waals surface area contributed by atoms with Crippen molar-refractivity contribution < 1.29 is 9.18 Å². The van der Waals surface area contributed by atoms with Crippen LogP contribution in [0.3, 0.4) is 0 Å². The molecule has 2 aromatic heterocycles. The number of rotatable bonds is 8. The zero-order valence-corrected chi connectivity index (χ0v) is 14.5. The van der Waals surface area contributed by atoms with Crippen LogP contribution in [0.5, 0.6) is 0 Å². The van der Waals surface area contributed by atoms with E-state index in [1.807, 2.05) is 12.1 Å². The van der Waals surface area contributed by atoms with E-state index in [4.69, 9.17) is 0 Å². The summed E-state index contributed by atoms with van der Waals surface area (Å²) in [5.41, 5.74) is 1.20. The summed E-state index contributed by atoms with van der Waals surface area (Å²) in [5.74, 6) is 0.590. The number of benzene rings is 1. The van der Waals surface area contributed by atoms with Gasteiger partial charge in [0, 0.05) is 19.3 Å². The van der Waals surface area contributed by atoms with Gasteiger partial charge in [-0.2, -0.15) is 0 Å². The Balaban J connectivity index is 1.39. The molecule has 27 heavy (non-hydrogen) atoms. The summed E-state index contributed by atoms with van der Waals surface area (Å²) in [4.78, 5) is 15.9. The topological polar surface area (TPSA) is 91.8 Å². The van der Waals surface area contributed by atoms with Crippen molar-refractivity contribution >= 4 is 23.2 Å². The van der Waals surface area contributed by atoms with Gasteiger partial charge in [0.15, 0.2) is 5.82 Å². The van der Waals surface area contributed by atoms with Crippen LogP contribution in [-0.2, 0) is 11.2 Å². The quantitative estimate of drug-likeness (QED) is 0.531. The number of hydrogen-bond donors (Lipinski definition) is 3. The van der Waals surface area contributed by atoms with E-state index in [1.54, 1.807) is 42.7 Å². The van der Waals surface area contributed by atoms with E-state index in [-0.39, 0.29) is 18.1 Å². The average molecular weight is 366 g/mol. The number of carbonyl (C=O) groups excluding carboxylic acids is 1. The number of nitrogens with zero attached hydrogens (tertiary/aromatic N) is 3. The van der Waals surface area contributed by atoms with Gasteiger partial charge in [-0.3, -0.25) is 9.78 Å². The number of amides is 1. The first-order valence-electron chi connectivity index (χ1n) is 8.45. The standard InChI is InChI=1S/C19H19FN6O/c20-16-6-2-1-4-14(16)12-19(27)23-11-10-22-17-7-8-18(26-25-17)24-15-5-3-9-21-13-15/h1-9,13H,10-12H2,(H,22,25)(H,23,27)(H,24,26). The van der Waals surface area contributed by atoms with Gasteiger partial charge in [0.2, 0.25) is 5.91 Å². The third kappa shape index (κ3) is 5.74. The van der Waals surface area contributed by atoms with Gasteiger partial charge in [0.05, 0.1) is 18.3 Å². The Kier molecular flexibility index (Phi) is 6.24. The molecule has 0 saturated carbocycles.